The van der Waals surface area contributed by atoms with Crippen LogP contribution in [-0.4, -0.2) is 11.9 Å². The molecule has 1 heterocycles. The number of likely N-dealkylation sites (N-methyl/N-ethyl adjacent to an activating group) is 1. The smallest absolute Gasteiger partial charge is 0.0330 e. The minimum atomic E-state index is 0. The van der Waals surface area contributed by atoms with Crippen molar-refractivity contribution in [1.29, 1.82) is 0 Å². The van der Waals surface area contributed by atoms with Gasteiger partial charge in [0.1, 0.15) is 0 Å². The largest absolute Gasteiger partial charge is 0.352 e. The van der Waals surface area contributed by atoms with E-state index in [0.29, 0.717) is 0 Å². The average Bonchev–Trinajstić information content (AvgIpc) is 1.77. The van der Waals surface area contributed by atoms with Gasteiger partial charge in [-0.05, 0) is 12.2 Å². The number of hydrogen-bond acceptors (Lipinski definition) is 1. The molecule has 0 fully saturated rings. The van der Waals surface area contributed by atoms with E-state index in [0.717, 1.165) is 5.70 Å². The first-order valence-electron chi connectivity index (χ1n) is 2.57. The molecule has 1 rings (SSSR count). The van der Waals surface area contributed by atoms with E-state index in [4.69, 9.17) is 0 Å². The molecule has 1 nitrogen and oxygen atoms in total. The maximum absolute atomic E-state index is 3.78. The third-order valence-corrected chi connectivity index (χ3v) is 1.16. The molecule has 0 spiro atoms. The van der Waals surface area contributed by atoms with Crippen molar-refractivity contribution in [2.75, 3.05) is 7.05 Å². The maximum Gasteiger partial charge on any atom is 0.0330 e. The maximum atomic E-state index is 3.78. The lowest BCUT2D eigenvalue weighted by molar-refractivity contribution is 0.587. The molecule has 0 saturated heterocycles. The quantitative estimate of drug-likeness (QED) is 0.581. The fourth-order valence-electron chi connectivity index (χ4n) is 0.559. The molecule has 1 aliphatic rings. The summed E-state index contributed by atoms with van der Waals surface area (Å²) in [5.74, 6) is 0. The third-order valence-electron chi connectivity index (χ3n) is 1.16. The highest BCUT2D eigenvalue weighted by molar-refractivity contribution is 14.0. The summed E-state index contributed by atoms with van der Waals surface area (Å²) in [5.41, 5.74) is 1.03. The highest BCUT2D eigenvalue weighted by atomic mass is 127. The number of allylic oxidation sites excluding steroid dienone is 3. The van der Waals surface area contributed by atoms with Crippen LogP contribution in [-0.2, 0) is 0 Å². The number of halogens is 1. The van der Waals surface area contributed by atoms with Gasteiger partial charge >= 0.3 is 0 Å². The van der Waals surface area contributed by atoms with E-state index in [2.05, 4.69) is 6.58 Å². The van der Waals surface area contributed by atoms with Gasteiger partial charge in [-0.3, -0.25) is 0 Å². The first-order chi connectivity index (χ1) is 3.80. The Balaban J connectivity index is 0.000000640. The molecule has 0 aromatic rings. The Morgan fingerprint density at radius 2 is 2.11 bits per heavy atom. The van der Waals surface area contributed by atoms with Gasteiger partial charge in [-0.25, -0.2) is 0 Å². The van der Waals surface area contributed by atoms with Gasteiger partial charge in [0, 0.05) is 18.9 Å². The average molecular weight is 235 g/mol. The summed E-state index contributed by atoms with van der Waals surface area (Å²) >= 11 is 0. The molecule has 0 bridgehead atoms. The van der Waals surface area contributed by atoms with Crippen molar-refractivity contribution in [2.45, 2.75) is 0 Å². The van der Waals surface area contributed by atoms with Crippen LogP contribution in [0.1, 0.15) is 0 Å². The molecule has 1 aliphatic heterocycles. The van der Waals surface area contributed by atoms with E-state index >= 15 is 0 Å². The van der Waals surface area contributed by atoms with Gasteiger partial charge in [-0.15, -0.1) is 24.0 Å². The van der Waals surface area contributed by atoms with Crippen molar-refractivity contribution < 1.29 is 0 Å². The minimum Gasteiger partial charge on any atom is -0.352 e. The molecule has 2 heteroatoms. The second-order valence-electron chi connectivity index (χ2n) is 1.80. The van der Waals surface area contributed by atoms with Crippen LogP contribution in [0.15, 0.2) is 36.7 Å². The Hall–Kier alpha value is -0.250. The van der Waals surface area contributed by atoms with Crippen LogP contribution >= 0.6 is 24.0 Å². The van der Waals surface area contributed by atoms with Crippen molar-refractivity contribution in [3.63, 3.8) is 0 Å². The first kappa shape index (κ1) is 8.75. The first-order valence-corrected chi connectivity index (χ1v) is 2.57. The normalized spacial score (nSPS) is 15.7. The number of hydrogen-bond donors (Lipinski definition) is 0. The summed E-state index contributed by atoms with van der Waals surface area (Å²) in [6.07, 6.45) is 7.90. The Bertz CT molecular complexity index is 158. The second-order valence-corrected chi connectivity index (χ2v) is 1.80. The lowest BCUT2D eigenvalue weighted by Gasteiger charge is -2.15. The molecule has 0 aromatic heterocycles. The third kappa shape index (κ3) is 2.22. The predicted octanol–water partition coefficient (Wildman–Crippen LogP) is 2.13. The van der Waals surface area contributed by atoms with Gasteiger partial charge in [-0.1, -0.05) is 12.7 Å². The minimum absolute atomic E-state index is 0. The molecule has 0 aliphatic carbocycles. The fraction of sp³-hybridized carbons (Fsp3) is 0.143. The van der Waals surface area contributed by atoms with E-state index in [9.17, 15) is 0 Å². The molecule has 50 valence electrons. The van der Waals surface area contributed by atoms with E-state index in [1.165, 1.54) is 0 Å². The SMILES string of the molecule is C=C1C=CC=CN1C.I. The van der Waals surface area contributed by atoms with Crippen molar-refractivity contribution >= 4 is 24.0 Å². The van der Waals surface area contributed by atoms with Crippen LogP contribution in [0.3, 0.4) is 0 Å². The topological polar surface area (TPSA) is 3.24 Å². The summed E-state index contributed by atoms with van der Waals surface area (Å²) in [5, 5.41) is 0. The summed E-state index contributed by atoms with van der Waals surface area (Å²) in [4.78, 5) is 1.97. The lowest BCUT2D eigenvalue weighted by Crippen LogP contribution is -2.08. The van der Waals surface area contributed by atoms with Gasteiger partial charge in [-0.2, -0.15) is 0 Å². The van der Waals surface area contributed by atoms with Crippen LogP contribution in [0.5, 0.6) is 0 Å². The summed E-state index contributed by atoms with van der Waals surface area (Å²) < 4.78 is 0. The Morgan fingerprint density at radius 3 is 2.44 bits per heavy atom. The van der Waals surface area contributed by atoms with Crippen LogP contribution in [0.4, 0.5) is 0 Å². The zero-order valence-corrected chi connectivity index (χ0v) is 7.70. The van der Waals surface area contributed by atoms with Gasteiger partial charge < -0.3 is 4.90 Å². The molecule has 0 unspecified atom stereocenters. The molecule has 0 N–H and O–H groups in total. The van der Waals surface area contributed by atoms with E-state index in [-0.39, 0.29) is 24.0 Å². The monoisotopic (exact) mass is 235 g/mol. The van der Waals surface area contributed by atoms with E-state index in [1.54, 1.807) is 0 Å². The molecule has 0 amide bonds. The van der Waals surface area contributed by atoms with Gasteiger partial charge in [0.25, 0.3) is 0 Å². The Labute approximate surface area is 72.8 Å². The number of nitrogens with zero attached hydrogens (tertiary/aromatic N) is 1. The van der Waals surface area contributed by atoms with Crippen LogP contribution < -0.4 is 0 Å². The molecular formula is C7H10IN. The van der Waals surface area contributed by atoms with Gasteiger partial charge in [0.05, 0.1) is 0 Å². The molecular weight excluding hydrogens is 225 g/mol. The van der Waals surface area contributed by atoms with Crippen molar-refractivity contribution in [3.8, 4) is 0 Å². The Kier molecular flexibility index (Phi) is 3.61. The highest BCUT2D eigenvalue weighted by Gasteiger charge is 1.93. The molecule has 0 aromatic carbocycles. The highest BCUT2D eigenvalue weighted by Crippen LogP contribution is 2.04. The van der Waals surface area contributed by atoms with Crippen molar-refractivity contribution in [2.24, 2.45) is 0 Å². The predicted molar refractivity (Wildman–Crippen MR) is 50.6 cm³/mol. The zero-order chi connectivity index (χ0) is 5.98. The van der Waals surface area contributed by atoms with Gasteiger partial charge in [0.2, 0.25) is 0 Å². The van der Waals surface area contributed by atoms with Gasteiger partial charge in [0.15, 0.2) is 0 Å². The summed E-state index contributed by atoms with van der Waals surface area (Å²) in [6, 6.07) is 0. The van der Waals surface area contributed by atoms with Crippen LogP contribution in [0, 0.1) is 0 Å². The molecule has 9 heavy (non-hydrogen) atoms. The van der Waals surface area contributed by atoms with Crippen molar-refractivity contribution in [1.82, 2.24) is 4.90 Å². The molecule has 0 radical (unpaired) electrons. The second kappa shape index (κ2) is 3.71. The van der Waals surface area contributed by atoms with E-state index < -0.39 is 0 Å². The molecule has 0 saturated carbocycles. The fourth-order valence-corrected chi connectivity index (χ4v) is 0.559. The number of rotatable bonds is 0. The lowest BCUT2D eigenvalue weighted by atomic mass is 10.3. The van der Waals surface area contributed by atoms with E-state index in [1.807, 2.05) is 36.4 Å². The summed E-state index contributed by atoms with van der Waals surface area (Å²) in [6.45, 7) is 3.78. The summed E-state index contributed by atoms with van der Waals surface area (Å²) in [7, 11) is 1.97. The Morgan fingerprint density at radius 1 is 1.44 bits per heavy atom. The standard InChI is InChI=1S/C7H9N.HI/c1-7-5-3-4-6-8(7)2;/h3-6H,1H2,2H3;1H. The van der Waals surface area contributed by atoms with Crippen LogP contribution in [0.25, 0.3) is 0 Å². The molecule has 0 atom stereocenters. The zero-order valence-electron chi connectivity index (χ0n) is 5.37. The van der Waals surface area contributed by atoms with Crippen LogP contribution in [0.2, 0.25) is 0 Å². The van der Waals surface area contributed by atoms with Crippen molar-refractivity contribution in [3.05, 3.63) is 36.7 Å².